The fraction of sp³-hybridized carbons (Fsp3) is 0.167. The van der Waals surface area contributed by atoms with E-state index in [0.29, 0.717) is 11.3 Å². The van der Waals surface area contributed by atoms with E-state index < -0.39 is 6.10 Å². The summed E-state index contributed by atoms with van der Waals surface area (Å²) in [6.45, 7) is 1.84. The minimum atomic E-state index is -0.443. The Morgan fingerprint density at radius 1 is 1.27 bits per heavy atom. The molecule has 2 N–H and O–H groups in total. The molecule has 1 aromatic carbocycles. The Hall–Kier alpha value is -3.00. The fourth-order valence-electron chi connectivity index (χ4n) is 2.87. The molecule has 0 aliphatic rings. The molecule has 0 aliphatic carbocycles. The zero-order valence-corrected chi connectivity index (χ0v) is 15.0. The van der Waals surface area contributed by atoms with Crippen molar-refractivity contribution in [3.8, 4) is 17.0 Å². The van der Waals surface area contributed by atoms with Gasteiger partial charge in [-0.25, -0.2) is 14.4 Å². The van der Waals surface area contributed by atoms with Crippen molar-refractivity contribution in [1.82, 2.24) is 19.7 Å². The minimum Gasteiger partial charge on any atom is -0.482 e. The van der Waals surface area contributed by atoms with E-state index in [1.165, 1.54) is 23.5 Å². The van der Waals surface area contributed by atoms with Crippen LogP contribution in [0.5, 0.6) is 5.75 Å². The first-order valence-corrected chi connectivity index (χ1v) is 8.84. The molecular formula is C18H16FN5OS. The van der Waals surface area contributed by atoms with Gasteiger partial charge in [-0.1, -0.05) is 0 Å². The second kappa shape index (κ2) is 6.38. The van der Waals surface area contributed by atoms with Crippen LogP contribution >= 0.6 is 11.3 Å². The van der Waals surface area contributed by atoms with Crippen LogP contribution in [0.4, 0.5) is 10.2 Å². The molecule has 4 aromatic rings. The second-order valence-electron chi connectivity index (χ2n) is 5.90. The van der Waals surface area contributed by atoms with Gasteiger partial charge in [0.25, 0.3) is 0 Å². The molecule has 132 valence electrons. The van der Waals surface area contributed by atoms with Crippen LogP contribution in [0.15, 0.2) is 42.2 Å². The molecule has 0 spiro atoms. The topological polar surface area (TPSA) is 78.8 Å². The summed E-state index contributed by atoms with van der Waals surface area (Å²) in [5.74, 6) is 0.388. The number of aryl methyl sites for hydroxylation is 1. The summed E-state index contributed by atoms with van der Waals surface area (Å²) in [5.41, 5.74) is 10.8. The molecule has 1 atom stereocenters. The molecule has 0 amide bonds. The number of rotatable bonds is 4. The molecule has 0 aliphatic heterocycles. The van der Waals surface area contributed by atoms with Crippen LogP contribution in [-0.2, 0) is 7.05 Å². The number of nitrogen functional groups attached to an aromatic ring is 1. The number of halogens is 1. The average molecular weight is 369 g/mol. The normalized spacial score (nSPS) is 12.4. The summed E-state index contributed by atoms with van der Waals surface area (Å²) in [7, 11) is 1.85. The number of hydrogen-bond donors (Lipinski definition) is 1. The van der Waals surface area contributed by atoms with Gasteiger partial charge >= 0.3 is 0 Å². The van der Waals surface area contributed by atoms with Gasteiger partial charge in [-0.2, -0.15) is 5.10 Å². The Balaban J connectivity index is 1.70. The minimum absolute atomic E-state index is 0.272. The lowest BCUT2D eigenvalue weighted by atomic mass is 10.1. The number of benzene rings is 1. The summed E-state index contributed by atoms with van der Waals surface area (Å²) in [6.07, 6.45) is 2.94. The van der Waals surface area contributed by atoms with Gasteiger partial charge in [0.05, 0.1) is 21.4 Å². The van der Waals surface area contributed by atoms with Crippen molar-refractivity contribution in [1.29, 1.82) is 0 Å². The molecular weight excluding hydrogens is 353 g/mol. The summed E-state index contributed by atoms with van der Waals surface area (Å²) < 4.78 is 22.5. The largest absolute Gasteiger partial charge is 0.482 e. The molecule has 1 unspecified atom stereocenters. The molecule has 6 nitrogen and oxygen atoms in total. The van der Waals surface area contributed by atoms with Gasteiger partial charge in [0.1, 0.15) is 11.9 Å². The maximum absolute atomic E-state index is 13.9. The smallest absolute Gasteiger partial charge is 0.166 e. The van der Waals surface area contributed by atoms with Crippen molar-refractivity contribution in [3.05, 3.63) is 53.6 Å². The molecule has 3 aromatic heterocycles. The van der Waals surface area contributed by atoms with E-state index in [1.54, 1.807) is 22.6 Å². The predicted molar refractivity (Wildman–Crippen MR) is 99.5 cm³/mol. The number of thiazole rings is 1. The third kappa shape index (κ3) is 2.88. The fourth-order valence-corrected chi connectivity index (χ4v) is 3.60. The number of ether oxygens (including phenoxy) is 1. The van der Waals surface area contributed by atoms with E-state index in [9.17, 15) is 4.39 Å². The van der Waals surface area contributed by atoms with Gasteiger partial charge in [0, 0.05) is 30.6 Å². The third-order valence-electron chi connectivity index (χ3n) is 4.17. The Kier molecular flexibility index (Phi) is 4.04. The number of nitrogens with zero attached hydrogens (tertiary/aromatic N) is 4. The molecule has 0 radical (unpaired) electrons. The summed E-state index contributed by atoms with van der Waals surface area (Å²) in [5, 5.41) is 4.16. The van der Waals surface area contributed by atoms with E-state index in [2.05, 4.69) is 15.1 Å². The highest BCUT2D eigenvalue weighted by atomic mass is 32.1. The zero-order chi connectivity index (χ0) is 18.3. The van der Waals surface area contributed by atoms with Gasteiger partial charge in [0.15, 0.2) is 11.6 Å². The SMILES string of the molecule is CC(Oc1cc(-c2ccnn2C)cnc1N)c1cc(F)cc2scnc12. The van der Waals surface area contributed by atoms with Crippen molar-refractivity contribution in [2.45, 2.75) is 13.0 Å². The van der Waals surface area contributed by atoms with Crippen LogP contribution in [0, 0.1) is 5.82 Å². The van der Waals surface area contributed by atoms with Gasteiger partial charge in [-0.05, 0) is 31.2 Å². The van der Waals surface area contributed by atoms with Gasteiger partial charge < -0.3 is 10.5 Å². The molecule has 4 rings (SSSR count). The number of anilines is 1. The van der Waals surface area contributed by atoms with E-state index in [4.69, 9.17) is 10.5 Å². The van der Waals surface area contributed by atoms with Crippen molar-refractivity contribution in [2.24, 2.45) is 7.05 Å². The summed E-state index contributed by atoms with van der Waals surface area (Å²) in [4.78, 5) is 8.54. The number of fused-ring (bicyclic) bond motifs is 1. The van der Waals surface area contributed by atoms with Crippen LogP contribution < -0.4 is 10.5 Å². The number of aromatic nitrogens is 4. The van der Waals surface area contributed by atoms with Crippen molar-refractivity contribution >= 4 is 27.4 Å². The highest BCUT2D eigenvalue weighted by Gasteiger charge is 2.17. The molecule has 0 bridgehead atoms. The van der Waals surface area contributed by atoms with Crippen LogP contribution in [0.3, 0.4) is 0 Å². The monoisotopic (exact) mass is 369 g/mol. The van der Waals surface area contributed by atoms with E-state index in [1.807, 2.05) is 26.1 Å². The Bertz CT molecular complexity index is 1090. The lowest BCUT2D eigenvalue weighted by Crippen LogP contribution is -2.07. The number of hydrogen-bond acceptors (Lipinski definition) is 6. The maximum atomic E-state index is 13.9. The van der Waals surface area contributed by atoms with Gasteiger partial charge in [0.2, 0.25) is 0 Å². The van der Waals surface area contributed by atoms with Crippen LogP contribution in [0.1, 0.15) is 18.6 Å². The van der Waals surface area contributed by atoms with Crippen molar-refractivity contribution in [3.63, 3.8) is 0 Å². The van der Waals surface area contributed by atoms with Gasteiger partial charge in [-0.3, -0.25) is 4.68 Å². The molecule has 0 saturated carbocycles. The average Bonchev–Trinajstić information content (AvgIpc) is 3.24. The lowest BCUT2D eigenvalue weighted by Gasteiger charge is -2.17. The highest BCUT2D eigenvalue weighted by molar-refractivity contribution is 7.16. The van der Waals surface area contributed by atoms with E-state index in [0.717, 1.165) is 21.5 Å². The number of pyridine rings is 1. The first-order valence-electron chi connectivity index (χ1n) is 7.96. The van der Waals surface area contributed by atoms with E-state index >= 15 is 0 Å². The molecule has 0 fully saturated rings. The lowest BCUT2D eigenvalue weighted by molar-refractivity contribution is 0.228. The molecule has 26 heavy (non-hydrogen) atoms. The zero-order valence-electron chi connectivity index (χ0n) is 14.2. The second-order valence-corrected chi connectivity index (χ2v) is 6.79. The van der Waals surface area contributed by atoms with Crippen LogP contribution in [-0.4, -0.2) is 19.7 Å². The Morgan fingerprint density at radius 3 is 2.88 bits per heavy atom. The Labute approximate surface area is 153 Å². The highest BCUT2D eigenvalue weighted by Crippen LogP contribution is 2.33. The standard InChI is InChI=1S/C18H16FN5OS/c1-10(13-6-12(19)7-16-17(13)22-9-26-16)25-15-5-11(8-21-18(15)20)14-3-4-23-24(14)2/h3-10H,1-2H3,(H2,20,21). The predicted octanol–water partition coefficient (Wildman–Crippen LogP) is 3.95. The van der Waals surface area contributed by atoms with Gasteiger partial charge in [-0.15, -0.1) is 11.3 Å². The first-order chi connectivity index (χ1) is 12.5. The number of nitrogens with two attached hydrogens (primary N) is 1. The summed E-state index contributed by atoms with van der Waals surface area (Å²) >= 11 is 1.39. The van der Waals surface area contributed by atoms with Crippen LogP contribution in [0.2, 0.25) is 0 Å². The summed E-state index contributed by atoms with van der Waals surface area (Å²) in [6, 6.07) is 6.61. The quantitative estimate of drug-likeness (QED) is 0.589. The van der Waals surface area contributed by atoms with E-state index in [-0.39, 0.29) is 11.6 Å². The van der Waals surface area contributed by atoms with Crippen LogP contribution in [0.25, 0.3) is 21.5 Å². The first kappa shape index (κ1) is 16.5. The molecule has 3 heterocycles. The van der Waals surface area contributed by atoms with Crippen molar-refractivity contribution in [2.75, 3.05) is 5.73 Å². The molecule has 8 heteroatoms. The van der Waals surface area contributed by atoms with Crippen molar-refractivity contribution < 1.29 is 9.13 Å². The maximum Gasteiger partial charge on any atom is 0.166 e. The third-order valence-corrected chi connectivity index (χ3v) is 4.95. The molecule has 0 saturated heterocycles. The Morgan fingerprint density at radius 2 is 2.12 bits per heavy atom.